The fourth-order valence-corrected chi connectivity index (χ4v) is 4.98. The molecule has 4 rings (SSSR count). The van der Waals surface area contributed by atoms with Gasteiger partial charge in [0, 0.05) is 5.41 Å². The van der Waals surface area contributed by atoms with E-state index in [1.165, 1.54) is 44.5 Å². The summed E-state index contributed by atoms with van der Waals surface area (Å²) in [4.78, 5) is 0. The van der Waals surface area contributed by atoms with E-state index in [1.54, 1.807) is 24.3 Å². The van der Waals surface area contributed by atoms with Crippen molar-refractivity contribution in [3.63, 3.8) is 0 Å². The number of hydrogen-bond donors (Lipinski definition) is 2. The van der Waals surface area contributed by atoms with Gasteiger partial charge in [0.2, 0.25) is 0 Å². The fourth-order valence-electron chi connectivity index (χ4n) is 4.98. The topological polar surface area (TPSA) is 40.5 Å². The highest BCUT2D eigenvalue weighted by Gasteiger charge is 2.26. The molecule has 0 aliphatic carbocycles. The van der Waals surface area contributed by atoms with Crippen LogP contribution in [0.3, 0.4) is 0 Å². The van der Waals surface area contributed by atoms with Crippen LogP contribution in [0.1, 0.15) is 47.2 Å². The molecule has 0 atom stereocenters. The minimum Gasteiger partial charge on any atom is -0.508 e. The van der Waals surface area contributed by atoms with E-state index in [-0.39, 0.29) is 16.9 Å². The largest absolute Gasteiger partial charge is 0.508 e. The first-order valence-corrected chi connectivity index (χ1v) is 11.4. The van der Waals surface area contributed by atoms with Gasteiger partial charge in [-0.15, -0.1) is 0 Å². The number of aryl methyl sites for hydroxylation is 4. The number of phenolic OH excluding ortho intramolecular Hbond substituents is 2. The second-order valence-corrected chi connectivity index (χ2v) is 9.69. The minimum absolute atomic E-state index is 0.161. The molecule has 0 spiro atoms. The zero-order chi connectivity index (χ0) is 23.9. The second-order valence-electron chi connectivity index (χ2n) is 9.69. The van der Waals surface area contributed by atoms with E-state index in [2.05, 4.69) is 65.8 Å². The molecule has 0 aliphatic heterocycles. The standard InChI is InChI=1S/C31H32O2/c1-19-15-25(16-20(2)29(19)23-7-11-27(32)12-8-23)31(5,6)26-17-21(3)30(22(4)18-26)24-9-13-28(33)14-10-24/h7-18,32-33H,1-6H3. The summed E-state index contributed by atoms with van der Waals surface area (Å²) in [5.41, 5.74) is 12.0. The third-order valence-corrected chi connectivity index (χ3v) is 6.82. The number of hydrogen-bond acceptors (Lipinski definition) is 2. The van der Waals surface area contributed by atoms with Crippen LogP contribution in [-0.4, -0.2) is 10.2 Å². The third-order valence-electron chi connectivity index (χ3n) is 6.82. The molecule has 4 aromatic carbocycles. The molecular formula is C31H32O2. The van der Waals surface area contributed by atoms with Crippen LogP contribution in [0, 0.1) is 27.7 Å². The van der Waals surface area contributed by atoms with Crippen molar-refractivity contribution in [1.29, 1.82) is 0 Å². The summed E-state index contributed by atoms with van der Waals surface area (Å²) in [5, 5.41) is 19.3. The Hall–Kier alpha value is -3.52. The van der Waals surface area contributed by atoms with E-state index in [0.717, 1.165) is 11.1 Å². The molecule has 0 aliphatic rings. The van der Waals surface area contributed by atoms with Crippen molar-refractivity contribution in [3.8, 4) is 33.8 Å². The Labute approximate surface area is 197 Å². The molecule has 0 saturated heterocycles. The van der Waals surface area contributed by atoms with Gasteiger partial charge < -0.3 is 10.2 Å². The monoisotopic (exact) mass is 436 g/mol. The maximum absolute atomic E-state index is 9.66. The van der Waals surface area contributed by atoms with Gasteiger partial charge in [0.15, 0.2) is 0 Å². The number of rotatable bonds is 4. The molecular weight excluding hydrogens is 404 g/mol. The lowest BCUT2D eigenvalue weighted by atomic mass is 9.74. The van der Waals surface area contributed by atoms with Crippen LogP contribution < -0.4 is 0 Å². The second kappa shape index (κ2) is 8.44. The van der Waals surface area contributed by atoms with Crippen molar-refractivity contribution < 1.29 is 10.2 Å². The Morgan fingerprint density at radius 1 is 0.485 bits per heavy atom. The van der Waals surface area contributed by atoms with Gasteiger partial charge in [0.25, 0.3) is 0 Å². The first kappa shape index (κ1) is 22.7. The molecule has 0 amide bonds. The first-order chi connectivity index (χ1) is 15.6. The quantitative estimate of drug-likeness (QED) is 0.340. The summed E-state index contributed by atoms with van der Waals surface area (Å²) in [6.07, 6.45) is 0. The zero-order valence-corrected chi connectivity index (χ0v) is 20.3. The Morgan fingerprint density at radius 2 is 0.758 bits per heavy atom. The van der Waals surface area contributed by atoms with Crippen molar-refractivity contribution >= 4 is 0 Å². The normalized spacial score (nSPS) is 11.6. The van der Waals surface area contributed by atoms with E-state index in [9.17, 15) is 10.2 Å². The smallest absolute Gasteiger partial charge is 0.115 e. The van der Waals surface area contributed by atoms with Gasteiger partial charge >= 0.3 is 0 Å². The highest BCUT2D eigenvalue weighted by molar-refractivity contribution is 5.74. The van der Waals surface area contributed by atoms with Crippen LogP contribution >= 0.6 is 0 Å². The van der Waals surface area contributed by atoms with Gasteiger partial charge in [-0.3, -0.25) is 0 Å². The number of phenols is 2. The van der Waals surface area contributed by atoms with E-state index >= 15 is 0 Å². The Kier molecular flexibility index (Phi) is 5.80. The van der Waals surface area contributed by atoms with E-state index < -0.39 is 0 Å². The molecule has 0 fully saturated rings. The molecule has 0 aromatic heterocycles. The predicted octanol–water partition coefficient (Wildman–Crippen LogP) is 7.99. The molecule has 0 unspecified atom stereocenters. The van der Waals surface area contributed by atoms with Gasteiger partial charge in [0.05, 0.1) is 0 Å². The Bertz CT molecular complexity index is 1160. The SMILES string of the molecule is Cc1cc(C(C)(C)c2cc(C)c(-c3ccc(O)cc3)c(C)c2)cc(C)c1-c1ccc(O)cc1. The van der Waals surface area contributed by atoms with Crippen molar-refractivity contribution in [1.82, 2.24) is 0 Å². The summed E-state index contributed by atoms with van der Waals surface area (Å²) >= 11 is 0. The van der Waals surface area contributed by atoms with Gasteiger partial charge in [-0.25, -0.2) is 0 Å². The summed E-state index contributed by atoms with van der Waals surface area (Å²) in [7, 11) is 0. The van der Waals surface area contributed by atoms with E-state index in [0.29, 0.717) is 0 Å². The highest BCUT2D eigenvalue weighted by Crippen LogP contribution is 2.39. The van der Waals surface area contributed by atoms with Crippen molar-refractivity contribution in [2.75, 3.05) is 0 Å². The third kappa shape index (κ3) is 4.26. The molecule has 33 heavy (non-hydrogen) atoms. The molecule has 4 aromatic rings. The van der Waals surface area contributed by atoms with Crippen molar-refractivity contribution in [3.05, 3.63) is 106 Å². The predicted molar refractivity (Wildman–Crippen MR) is 138 cm³/mol. The number of aromatic hydroxyl groups is 2. The Balaban J connectivity index is 1.77. The van der Waals surface area contributed by atoms with Gasteiger partial charge in [0.1, 0.15) is 11.5 Å². The average molecular weight is 437 g/mol. The molecule has 168 valence electrons. The Morgan fingerprint density at radius 3 is 1.03 bits per heavy atom. The average Bonchev–Trinajstić information content (AvgIpc) is 2.75. The van der Waals surface area contributed by atoms with Crippen LogP contribution in [0.2, 0.25) is 0 Å². The fraction of sp³-hybridized carbons (Fsp3) is 0.226. The van der Waals surface area contributed by atoms with Gasteiger partial charge in [-0.05, 0) is 108 Å². The lowest BCUT2D eigenvalue weighted by Gasteiger charge is -2.29. The lowest BCUT2D eigenvalue weighted by Crippen LogP contribution is -2.20. The molecule has 0 saturated carbocycles. The van der Waals surface area contributed by atoms with E-state index in [1.807, 2.05) is 24.3 Å². The van der Waals surface area contributed by atoms with Crippen LogP contribution in [0.5, 0.6) is 11.5 Å². The van der Waals surface area contributed by atoms with E-state index in [4.69, 9.17) is 0 Å². The van der Waals surface area contributed by atoms with Crippen LogP contribution in [0.25, 0.3) is 22.3 Å². The van der Waals surface area contributed by atoms with Gasteiger partial charge in [-0.1, -0.05) is 62.4 Å². The summed E-state index contributed by atoms with van der Waals surface area (Å²) < 4.78 is 0. The first-order valence-electron chi connectivity index (χ1n) is 11.4. The molecule has 0 heterocycles. The summed E-state index contributed by atoms with van der Waals surface area (Å²) in [6, 6.07) is 24.1. The number of benzene rings is 4. The van der Waals surface area contributed by atoms with Crippen LogP contribution in [0.15, 0.2) is 72.8 Å². The molecule has 2 heteroatoms. The zero-order valence-electron chi connectivity index (χ0n) is 20.3. The minimum atomic E-state index is -0.161. The lowest BCUT2D eigenvalue weighted by molar-refractivity contribution is 0.475. The molecule has 2 nitrogen and oxygen atoms in total. The van der Waals surface area contributed by atoms with Gasteiger partial charge in [-0.2, -0.15) is 0 Å². The molecule has 2 N–H and O–H groups in total. The van der Waals surface area contributed by atoms with Crippen molar-refractivity contribution in [2.45, 2.75) is 47.0 Å². The van der Waals surface area contributed by atoms with Crippen LogP contribution in [0.4, 0.5) is 0 Å². The maximum Gasteiger partial charge on any atom is 0.115 e. The van der Waals surface area contributed by atoms with Crippen LogP contribution in [-0.2, 0) is 5.41 Å². The maximum atomic E-state index is 9.66. The van der Waals surface area contributed by atoms with Crippen molar-refractivity contribution in [2.24, 2.45) is 0 Å². The summed E-state index contributed by atoms with van der Waals surface area (Å²) in [5.74, 6) is 0.571. The molecule has 0 radical (unpaired) electrons. The molecule has 0 bridgehead atoms. The highest BCUT2D eigenvalue weighted by atomic mass is 16.3. The summed E-state index contributed by atoms with van der Waals surface area (Å²) in [6.45, 7) is 13.2.